The van der Waals surface area contributed by atoms with Gasteiger partial charge in [-0.15, -0.1) is 6.58 Å². The second kappa shape index (κ2) is 8.04. The molecule has 1 heterocycles. The van der Waals surface area contributed by atoms with E-state index in [0.717, 1.165) is 0 Å². The molecule has 3 N–H and O–H groups in total. The lowest BCUT2D eigenvalue weighted by Gasteiger charge is -2.17. The Morgan fingerprint density at radius 3 is 2.62 bits per heavy atom. The number of carbonyl (C=O) groups excluding carboxylic acids is 1. The fourth-order valence-electron chi connectivity index (χ4n) is 1.75. The molecule has 1 aromatic rings. The number of aromatic nitrogens is 1. The lowest BCUT2D eigenvalue weighted by atomic mass is 10.0. The highest BCUT2D eigenvalue weighted by molar-refractivity contribution is 5.94. The molecule has 1 atom stereocenters. The van der Waals surface area contributed by atoms with Gasteiger partial charge >= 0.3 is 5.97 Å². The van der Waals surface area contributed by atoms with Gasteiger partial charge in [0.05, 0.1) is 5.56 Å². The van der Waals surface area contributed by atoms with Gasteiger partial charge in [0.1, 0.15) is 11.9 Å². The van der Waals surface area contributed by atoms with Crippen LogP contribution in [-0.2, 0) is 4.79 Å². The van der Waals surface area contributed by atoms with Gasteiger partial charge in [0.15, 0.2) is 0 Å². The Kier molecular flexibility index (Phi) is 6.39. The Bertz CT molecular complexity index is 497. The Balaban J connectivity index is 2.70. The molecule has 0 spiro atoms. The average molecular weight is 291 g/mol. The van der Waals surface area contributed by atoms with Gasteiger partial charge in [-0.25, -0.2) is 9.78 Å². The largest absolute Gasteiger partial charge is 0.480 e. The number of pyridine rings is 1. The molecule has 6 heteroatoms. The van der Waals surface area contributed by atoms with E-state index in [4.69, 9.17) is 5.11 Å². The summed E-state index contributed by atoms with van der Waals surface area (Å²) >= 11 is 0. The summed E-state index contributed by atoms with van der Waals surface area (Å²) in [6, 6.07) is 2.50. The van der Waals surface area contributed by atoms with Crippen LogP contribution in [0.1, 0.15) is 30.6 Å². The minimum atomic E-state index is -0.918. The van der Waals surface area contributed by atoms with Crippen LogP contribution in [0, 0.1) is 5.92 Å². The van der Waals surface area contributed by atoms with Gasteiger partial charge in [0.2, 0.25) is 0 Å². The number of carboxylic acids is 1. The van der Waals surface area contributed by atoms with Gasteiger partial charge in [0.25, 0.3) is 5.91 Å². The van der Waals surface area contributed by atoms with Crippen molar-refractivity contribution in [2.24, 2.45) is 5.92 Å². The molecule has 6 nitrogen and oxygen atoms in total. The van der Waals surface area contributed by atoms with Crippen LogP contribution < -0.4 is 10.6 Å². The standard InChI is InChI=1S/C15H21N3O3/c1-4-7-16-14(19)11-5-6-13(17-9-11)18-12(15(20)21)8-10(2)3/h4-6,9-10,12H,1,7-8H2,2-3H3,(H,16,19)(H,17,18)(H,20,21). The molecule has 21 heavy (non-hydrogen) atoms. The third kappa shape index (κ3) is 5.64. The van der Waals surface area contributed by atoms with E-state index in [2.05, 4.69) is 22.2 Å². The molecular formula is C15H21N3O3. The van der Waals surface area contributed by atoms with Crippen LogP contribution in [-0.4, -0.2) is 34.6 Å². The van der Waals surface area contributed by atoms with E-state index in [0.29, 0.717) is 24.3 Å². The lowest BCUT2D eigenvalue weighted by molar-refractivity contribution is -0.138. The zero-order valence-corrected chi connectivity index (χ0v) is 12.3. The first-order chi connectivity index (χ1) is 9.93. The summed E-state index contributed by atoms with van der Waals surface area (Å²) in [7, 11) is 0. The number of nitrogens with zero attached hydrogens (tertiary/aromatic N) is 1. The van der Waals surface area contributed by atoms with Crippen LogP contribution >= 0.6 is 0 Å². The predicted octanol–water partition coefficient (Wildman–Crippen LogP) is 1.91. The van der Waals surface area contributed by atoms with Crippen molar-refractivity contribution in [2.75, 3.05) is 11.9 Å². The molecule has 0 fully saturated rings. The summed E-state index contributed by atoms with van der Waals surface area (Å²) in [5.74, 6) is -0.477. The van der Waals surface area contributed by atoms with Crippen LogP contribution in [0.2, 0.25) is 0 Å². The molecule has 1 unspecified atom stereocenters. The Morgan fingerprint density at radius 2 is 2.14 bits per heavy atom. The highest BCUT2D eigenvalue weighted by atomic mass is 16.4. The van der Waals surface area contributed by atoms with Crippen LogP contribution in [0.25, 0.3) is 0 Å². The van der Waals surface area contributed by atoms with E-state index in [1.54, 1.807) is 18.2 Å². The minimum absolute atomic E-state index is 0.245. The molecule has 0 aromatic carbocycles. The second-order valence-electron chi connectivity index (χ2n) is 5.10. The lowest BCUT2D eigenvalue weighted by Crippen LogP contribution is -2.31. The third-order valence-corrected chi connectivity index (χ3v) is 2.76. The first-order valence-electron chi connectivity index (χ1n) is 6.78. The van der Waals surface area contributed by atoms with E-state index in [-0.39, 0.29) is 11.8 Å². The van der Waals surface area contributed by atoms with Gasteiger partial charge in [0, 0.05) is 12.7 Å². The Labute approximate surface area is 124 Å². The summed E-state index contributed by atoms with van der Waals surface area (Å²) in [6.45, 7) is 7.81. The zero-order valence-electron chi connectivity index (χ0n) is 12.3. The maximum Gasteiger partial charge on any atom is 0.326 e. The third-order valence-electron chi connectivity index (χ3n) is 2.76. The fraction of sp³-hybridized carbons (Fsp3) is 0.400. The summed E-state index contributed by atoms with van der Waals surface area (Å²) in [4.78, 5) is 26.9. The molecule has 1 rings (SSSR count). The van der Waals surface area contributed by atoms with Crippen LogP contribution in [0.5, 0.6) is 0 Å². The van der Waals surface area contributed by atoms with Gasteiger partial charge in [-0.3, -0.25) is 4.79 Å². The van der Waals surface area contributed by atoms with Crippen molar-refractivity contribution in [2.45, 2.75) is 26.3 Å². The van der Waals surface area contributed by atoms with Gasteiger partial charge in [-0.05, 0) is 24.5 Å². The molecule has 1 aromatic heterocycles. The number of carbonyl (C=O) groups is 2. The molecule has 0 saturated carbocycles. The van der Waals surface area contributed by atoms with E-state index in [1.807, 2.05) is 13.8 Å². The summed E-state index contributed by atoms with van der Waals surface area (Å²) in [5.41, 5.74) is 0.415. The van der Waals surface area contributed by atoms with Crippen molar-refractivity contribution >= 4 is 17.7 Å². The predicted molar refractivity (Wildman–Crippen MR) is 81.3 cm³/mol. The van der Waals surface area contributed by atoms with E-state index in [9.17, 15) is 9.59 Å². The number of hydrogen-bond acceptors (Lipinski definition) is 4. The second-order valence-corrected chi connectivity index (χ2v) is 5.10. The van der Waals surface area contributed by atoms with Crippen LogP contribution in [0.4, 0.5) is 5.82 Å². The molecule has 0 aliphatic carbocycles. The Hall–Kier alpha value is -2.37. The van der Waals surface area contributed by atoms with Gasteiger partial charge < -0.3 is 15.7 Å². The quantitative estimate of drug-likeness (QED) is 0.636. The molecule has 114 valence electrons. The van der Waals surface area contributed by atoms with Crippen molar-refractivity contribution < 1.29 is 14.7 Å². The van der Waals surface area contributed by atoms with E-state index in [1.165, 1.54) is 6.20 Å². The molecule has 0 aliphatic heterocycles. The number of hydrogen-bond donors (Lipinski definition) is 3. The number of anilines is 1. The molecule has 1 amide bonds. The van der Waals surface area contributed by atoms with Crippen molar-refractivity contribution in [3.05, 3.63) is 36.5 Å². The molecule has 0 aliphatic rings. The number of nitrogens with one attached hydrogen (secondary N) is 2. The van der Waals surface area contributed by atoms with Crippen molar-refractivity contribution in [3.8, 4) is 0 Å². The molecular weight excluding hydrogens is 270 g/mol. The normalized spacial score (nSPS) is 11.8. The highest BCUT2D eigenvalue weighted by Crippen LogP contribution is 2.12. The summed E-state index contributed by atoms with van der Waals surface area (Å²) in [5, 5.41) is 14.7. The van der Waals surface area contributed by atoms with Crippen molar-refractivity contribution in [3.63, 3.8) is 0 Å². The summed E-state index contributed by atoms with van der Waals surface area (Å²) < 4.78 is 0. The van der Waals surface area contributed by atoms with Crippen molar-refractivity contribution in [1.82, 2.24) is 10.3 Å². The molecule has 0 saturated heterocycles. The number of rotatable bonds is 8. The fourth-order valence-corrected chi connectivity index (χ4v) is 1.75. The molecule has 0 radical (unpaired) electrons. The first kappa shape index (κ1) is 16.7. The maximum atomic E-state index is 11.7. The monoisotopic (exact) mass is 291 g/mol. The highest BCUT2D eigenvalue weighted by Gasteiger charge is 2.19. The maximum absolute atomic E-state index is 11.7. The van der Waals surface area contributed by atoms with Crippen LogP contribution in [0.3, 0.4) is 0 Å². The van der Waals surface area contributed by atoms with E-state index < -0.39 is 12.0 Å². The minimum Gasteiger partial charge on any atom is -0.480 e. The summed E-state index contributed by atoms with van der Waals surface area (Å²) in [6.07, 6.45) is 3.50. The van der Waals surface area contributed by atoms with Crippen LogP contribution in [0.15, 0.2) is 31.0 Å². The van der Waals surface area contributed by atoms with Gasteiger partial charge in [-0.2, -0.15) is 0 Å². The molecule has 0 bridgehead atoms. The van der Waals surface area contributed by atoms with Gasteiger partial charge in [-0.1, -0.05) is 19.9 Å². The van der Waals surface area contributed by atoms with E-state index >= 15 is 0 Å². The average Bonchev–Trinajstić information content (AvgIpc) is 2.44. The smallest absolute Gasteiger partial charge is 0.326 e. The van der Waals surface area contributed by atoms with Crippen molar-refractivity contribution in [1.29, 1.82) is 0 Å². The topological polar surface area (TPSA) is 91.3 Å². The number of carboxylic acid groups (broad SMARTS) is 1. The zero-order chi connectivity index (χ0) is 15.8. The number of aliphatic carboxylic acids is 1. The number of amides is 1. The SMILES string of the molecule is C=CCNC(=O)c1ccc(NC(CC(C)C)C(=O)O)nc1. The Morgan fingerprint density at radius 1 is 1.43 bits per heavy atom. The first-order valence-corrected chi connectivity index (χ1v) is 6.78.